The Morgan fingerprint density at radius 3 is 2.76 bits per heavy atom. The van der Waals surface area contributed by atoms with Crippen molar-refractivity contribution in [2.75, 3.05) is 18.4 Å². The molecule has 0 spiro atoms. The largest absolute Gasteiger partial charge is 0.423 e. The number of pyridine rings is 1. The molecule has 2 aromatic heterocycles. The first-order valence-corrected chi connectivity index (χ1v) is 11.4. The number of nitriles is 1. The molecule has 0 bridgehead atoms. The van der Waals surface area contributed by atoms with Gasteiger partial charge in [-0.3, -0.25) is 14.3 Å². The molecule has 7 heteroatoms. The van der Waals surface area contributed by atoms with E-state index in [0.717, 1.165) is 36.4 Å². The molecule has 0 aliphatic carbocycles. The molecule has 0 amide bonds. The summed E-state index contributed by atoms with van der Waals surface area (Å²) < 4.78 is 7.44. The van der Waals surface area contributed by atoms with Crippen LogP contribution in [-0.4, -0.2) is 27.5 Å². The molecule has 34 heavy (non-hydrogen) atoms. The quantitative estimate of drug-likeness (QED) is 0.443. The van der Waals surface area contributed by atoms with Crippen molar-refractivity contribution in [3.05, 3.63) is 94.0 Å². The number of rotatable bonds is 6. The second-order valence-corrected chi connectivity index (χ2v) is 8.54. The van der Waals surface area contributed by atoms with Gasteiger partial charge in [0.1, 0.15) is 6.07 Å². The third kappa shape index (κ3) is 4.49. The number of hydrogen-bond acceptors (Lipinski definition) is 6. The Balaban J connectivity index is 1.41. The van der Waals surface area contributed by atoms with Crippen molar-refractivity contribution in [3.8, 4) is 23.1 Å². The van der Waals surface area contributed by atoms with Crippen LogP contribution < -0.4 is 10.9 Å². The van der Waals surface area contributed by atoms with Gasteiger partial charge in [-0.25, -0.2) is 4.98 Å². The molecular formula is C27H25N5O2. The molecular weight excluding hydrogens is 426 g/mol. The van der Waals surface area contributed by atoms with Gasteiger partial charge in [0, 0.05) is 30.1 Å². The fourth-order valence-corrected chi connectivity index (χ4v) is 4.29. The monoisotopic (exact) mass is 451 g/mol. The number of nitrogens with one attached hydrogen (secondary N) is 1. The molecule has 2 aromatic carbocycles. The first-order valence-electron chi connectivity index (χ1n) is 11.4. The summed E-state index contributed by atoms with van der Waals surface area (Å²) in [6.07, 6.45) is 5.83. The zero-order valence-corrected chi connectivity index (χ0v) is 19.0. The summed E-state index contributed by atoms with van der Waals surface area (Å²) in [5, 5.41) is 12.8. The van der Waals surface area contributed by atoms with E-state index < -0.39 is 0 Å². The highest BCUT2D eigenvalue weighted by atomic mass is 16.4. The van der Waals surface area contributed by atoms with Crippen LogP contribution in [0.2, 0.25) is 0 Å². The topological polar surface area (TPSA) is 87.1 Å². The van der Waals surface area contributed by atoms with Crippen LogP contribution in [0.1, 0.15) is 29.5 Å². The van der Waals surface area contributed by atoms with Gasteiger partial charge in [0.15, 0.2) is 5.76 Å². The summed E-state index contributed by atoms with van der Waals surface area (Å²) in [4.78, 5) is 19.2. The van der Waals surface area contributed by atoms with Crippen molar-refractivity contribution in [2.24, 2.45) is 0 Å². The van der Waals surface area contributed by atoms with E-state index in [-0.39, 0.29) is 5.56 Å². The summed E-state index contributed by atoms with van der Waals surface area (Å²) in [6.45, 7) is 5.30. The minimum Gasteiger partial charge on any atom is -0.423 e. The Bertz CT molecular complexity index is 1420. The van der Waals surface area contributed by atoms with Gasteiger partial charge in [0.05, 0.1) is 17.4 Å². The molecule has 1 saturated heterocycles. The predicted molar refractivity (Wildman–Crippen MR) is 131 cm³/mol. The lowest BCUT2D eigenvalue weighted by molar-refractivity contribution is 0.331. The van der Waals surface area contributed by atoms with E-state index in [1.807, 2.05) is 0 Å². The lowest BCUT2D eigenvalue weighted by Gasteiger charge is -2.16. The number of hydrogen-bond donors (Lipinski definition) is 1. The van der Waals surface area contributed by atoms with Crippen LogP contribution in [0.5, 0.6) is 0 Å². The molecule has 1 N–H and O–H groups in total. The first kappa shape index (κ1) is 21.7. The molecule has 1 aliphatic rings. The normalized spacial score (nSPS) is 13.6. The van der Waals surface area contributed by atoms with E-state index in [1.54, 1.807) is 42.7 Å². The predicted octanol–water partition coefficient (Wildman–Crippen LogP) is 5.01. The lowest BCUT2D eigenvalue weighted by atomic mass is 10.1. The molecule has 4 aromatic rings. The maximum atomic E-state index is 12.3. The minimum absolute atomic E-state index is 0.208. The van der Waals surface area contributed by atoms with E-state index in [2.05, 4.69) is 46.4 Å². The zero-order valence-electron chi connectivity index (χ0n) is 19.0. The summed E-state index contributed by atoms with van der Waals surface area (Å²) in [5.74, 6) is 0.545. The molecule has 1 fully saturated rings. The second kappa shape index (κ2) is 9.38. The van der Waals surface area contributed by atoms with Crippen LogP contribution in [-0.2, 0) is 6.54 Å². The maximum absolute atomic E-state index is 12.3. The van der Waals surface area contributed by atoms with E-state index in [0.29, 0.717) is 23.0 Å². The second-order valence-electron chi connectivity index (χ2n) is 8.54. The Morgan fingerprint density at radius 2 is 1.97 bits per heavy atom. The number of aryl methyl sites for hydroxylation is 1. The van der Waals surface area contributed by atoms with Gasteiger partial charge in [0.25, 0.3) is 11.6 Å². The number of nitrogens with zero attached hydrogens (tertiary/aromatic N) is 4. The van der Waals surface area contributed by atoms with E-state index >= 15 is 0 Å². The molecule has 0 unspecified atom stereocenters. The van der Waals surface area contributed by atoms with Crippen LogP contribution in [0.25, 0.3) is 17.0 Å². The molecule has 0 radical (unpaired) electrons. The summed E-state index contributed by atoms with van der Waals surface area (Å²) >= 11 is 0. The Hall–Kier alpha value is -4.15. The third-order valence-electron chi connectivity index (χ3n) is 6.14. The number of likely N-dealkylation sites (tertiary alicyclic amines) is 1. The summed E-state index contributed by atoms with van der Waals surface area (Å²) in [5.41, 5.74) is 4.75. The van der Waals surface area contributed by atoms with Gasteiger partial charge < -0.3 is 9.73 Å². The zero-order chi connectivity index (χ0) is 23.5. The number of aromatic nitrogens is 2. The average Bonchev–Trinajstić information content (AvgIpc) is 3.54. The molecule has 3 heterocycles. The SMILES string of the molecule is Cc1ccc(CN2CCCC2)cc1Nc1ncc(-c2ccc(C#N)c(-n3ccccc3=O)c2)o1. The van der Waals surface area contributed by atoms with Gasteiger partial charge in [-0.05, 0) is 74.3 Å². The van der Waals surface area contributed by atoms with Crippen LogP contribution in [0.4, 0.5) is 11.7 Å². The van der Waals surface area contributed by atoms with Crippen LogP contribution >= 0.6 is 0 Å². The van der Waals surface area contributed by atoms with Crippen LogP contribution in [0.3, 0.4) is 0 Å². The Kier molecular flexibility index (Phi) is 5.98. The van der Waals surface area contributed by atoms with Crippen molar-refractivity contribution in [3.63, 3.8) is 0 Å². The fourth-order valence-electron chi connectivity index (χ4n) is 4.29. The molecule has 170 valence electrons. The van der Waals surface area contributed by atoms with Gasteiger partial charge in [-0.15, -0.1) is 0 Å². The third-order valence-corrected chi connectivity index (χ3v) is 6.14. The van der Waals surface area contributed by atoms with Crippen LogP contribution in [0, 0.1) is 18.3 Å². The van der Waals surface area contributed by atoms with Crippen molar-refractivity contribution >= 4 is 11.7 Å². The fraction of sp³-hybridized carbons (Fsp3) is 0.222. The van der Waals surface area contributed by atoms with E-state index in [4.69, 9.17) is 4.42 Å². The van der Waals surface area contributed by atoms with Crippen molar-refractivity contribution in [2.45, 2.75) is 26.3 Å². The highest BCUT2D eigenvalue weighted by Crippen LogP contribution is 2.29. The van der Waals surface area contributed by atoms with Gasteiger partial charge in [-0.2, -0.15) is 5.26 Å². The number of oxazole rings is 1. The van der Waals surface area contributed by atoms with E-state index in [1.165, 1.54) is 29.0 Å². The first-order chi connectivity index (χ1) is 16.6. The van der Waals surface area contributed by atoms with Crippen molar-refractivity contribution < 1.29 is 4.42 Å². The van der Waals surface area contributed by atoms with E-state index in [9.17, 15) is 10.1 Å². The summed E-state index contributed by atoms with van der Waals surface area (Å²) in [6, 6.07) is 19.1. The lowest BCUT2D eigenvalue weighted by Crippen LogP contribution is -2.18. The summed E-state index contributed by atoms with van der Waals surface area (Å²) in [7, 11) is 0. The molecule has 0 atom stereocenters. The van der Waals surface area contributed by atoms with Crippen LogP contribution in [0.15, 0.2) is 76.2 Å². The maximum Gasteiger partial charge on any atom is 0.299 e. The van der Waals surface area contributed by atoms with Gasteiger partial charge in [0.2, 0.25) is 0 Å². The van der Waals surface area contributed by atoms with Gasteiger partial charge >= 0.3 is 0 Å². The Labute approximate surface area is 197 Å². The smallest absolute Gasteiger partial charge is 0.299 e. The van der Waals surface area contributed by atoms with Crippen molar-refractivity contribution in [1.29, 1.82) is 5.26 Å². The molecule has 1 aliphatic heterocycles. The Morgan fingerprint density at radius 1 is 1.12 bits per heavy atom. The average molecular weight is 452 g/mol. The number of anilines is 2. The highest BCUT2D eigenvalue weighted by Gasteiger charge is 2.14. The number of benzene rings is 2. The molecule has 7 nitrogen and oxygen atoms in total. The standard InChI is InChI=1S/C27H25N5O2/c1-19-7-8-20(18-31-11-4-5-12-31)14-23(19)30-27-29-17-25(34-27)21-9-10-22(16-28)24(15-21)32-13-3-2-6-26(32)33/h2-3,6-10,13-15,17H,4-5,11-12,18H2,1H3,(H,29,30). The van der Waals surface area contributed by atoms with Gasteiger partial charge in [-0.1, -0.05) is 18.2 Å². The minimum atomic E-state index is -0.208. The molecule has 5 rings (SSSR count). The molecule has 0 saturated carbocycles. The van der Waals surface area contributed by atoms with Crippen molar-refractivity contribution in [1.82, 2.24) is 14.5 Å². The highest BCUT2D eigenvalue weighted by molar-refractivity contribution is 5.66.